The third-order valence-electron chi connectivity index (χ3n) is 5.89. The molecule has 1 fully saturated rings. The van der Waals surface area contributed by atoms with Gasteiger partial charge in [-0.05, 0) is 32.8 Å². The van der Waals surface area contributed by atoms with E-state index in [9.17, 15) is 14.7 Å². The van der Waals surface area contributed by atoms with Crippen LogP contribution < -0.4 is 5.32 Å². The molecule has 0 saturated heterocycles. The van der Waals surface area contributed by atoms with Crippen LogP contribution in [0.15, 0.2) is 43.4 Å². The molecule has 34 heavy (non-hydrogen) atoms. The first-order chi connectivity index (χ1) is 16.4. The Labute approximate surface area is 194 Å². The van der Waals surface area contributed by atoms with Gasteiger partial charge in [-0.15, -0.1) is 5.10 Å². The molecule has 0 aromatic carbocycles. The van der Waals surface area contributed by atoms with Crippen molar-refractivity contribution in [2.45, 2.75) is 44.7 Å². The third-order valence-corrected chi connectivity index (χ3v) is 5.89. The standard InChI is InChI=1S/C23H24N8O3/c1-23(2,12-32)31-9-18(17-8-25-13-26-22(17)31)21(34)15-5-16(7-24-6-15)27-20(33)11-30-10-19(28-29-30)14-3-4-14/h5-10,13-14,32H,3-4,11-12H2,1-2H3,(H,27,33). The van der Waals surface area contributed by atoms with E-state index in [1.807, 2.05) is 13.8 Å². The quantitative estimate of drug-likeness (QED) is 0.380. The first-order valence-corrected chi connectivity index (χ1v) is 11.0. The minimum absolute atomic E-state index is 0.0129. The number of nitrogens with zero attached hydrogens (tertiary/aromatic N) is 7. The van der Waals surface area contributed by atoms with E-state index in [0.29, 0.717) is 33.8 Å². The van der Waals surface area contributed by atoms with Crippen LogP contribution in [0.4, 0.5) is 5.69 Å². The topological polar surface area (TPSA) is 141 Å². The molecule has 0 unspecified atom stereocenters. The fourth-order valence-electron chi connectivity index (χ4n) is 3.78. The number of carbonyl (C=O) groups excluding carboxylic acids is 2. The lowest BCUT2D eigenvalue weighted by Crippen LogP contribution is -2.30. The Morgan fingerprint density at radius 2 is 2.00 bits per heavy atom. The maximum absolute atomic E-state index is 13.4. The molecule has 0 radical (unpaired) electrons. The van der Waals surface area contributed by atoms with Gasteiger partial charge in [-0.25, -0.2) is 14.6 Å². The molecule has 1 aliphatic rings. The Hall–Kier alpha value is -3.99. The van der Waals surface area contributed by atoms with Gasteiger partial charge < -0.3 is 15.0 Å². The van der Waals surface area contributed by atoms with Gasteiger partial charge in [0.2, 0.25) is 5.91 Å². The molecule has 4 aromatic heterocycles. The first kappa shape index (κ1) is 21.8. The van der Waals surface area contributed by atoms with Gasteiger partial charge in [0.15, 0.2) is 5.78 Å². The van der Waals surface area contributed by atoms with Gasteiger partial charge in [0.1, 0.15) is 18.5 Å². The molecule has 4 heterocycles. The monoisotopic (exact) mass is 460 g/mol. The van der Waals surface area contributed by atoms with Crippen LogP contribution in [0.2, 0.25) is 0 Å². The van der Waals surface area contributed by atoms with E-state index in [-0.39, 0.29) is 24.8 Å². The molecule has 2 N–H and O–H groups in total. The number of aliphatic hydroxyl groups excluding tert-OH is 1. The van der Waals surface area contributed by atoms with Crippen LogP contribution in [0.5, 0.6) is 0 Å². The highest BCUT2D eigenvalue weighted by atomic mass is 16.3. The van der Waals surface area contributed by atoms with Crippen molar-refractivity contribution in [1.29, 1.82) is 0 Å². The molecule has 1 aliphatic carbocycles. The zero-order valence-corrected chi connectivity index (χ0v) is 18.8. The number of ketones is 1. The van der Waals surface area contributed by atoms with E-state index in [1.165, 1.54) is 23.4 Å². The molecule has 0 spiro atoms. The lowest BCUT2D eigenvalue weighted by Gasteiger charge is -2.24. The van der Waals surface area contributed by atoms with Gasteiger partial charge in [-0.2, -0.15) is 0 Å². The molecule has 0 atom stereocenters. The van der Waals surface area contributed by atoms with Crippen LogP contribution in [-0.4, -0.2) is 57.9 Å². The summed E-state index contributed by atoms with van der Waals surface area (Å²) >= 11 is 0. The van der Waals surface area contributed by atoms with Crippen LogP contribution in [0.25, 0.3) is 11.0 Å². The number of nitrogens with one attached hydrogen (secondary N) is 1. The van der Waals surface area contributed by atoms with E-state index >= 15 is 0 Å². The summed E-state index contributed by atoms with van der Waals surface area (Å²) in [6.45, 7) is 3.58. The first-order valence-electron chi connectivity index (χ1n) is 11.0. The second-order valence-corrected chi connectivity index (χ2v) is 9.10. The molecular formula is C23H24N8O3. The van der Waals surface area contributed by atoms with Crippen molar-refractivity contribution in [3.63, 3.8) is 0 Å². The number of hydrogen-bond acceptors (Lipinski definition) is 8. The van der Waals surface area contributed by atoms with Gasteiger partial charge in [0, 0.05) is 41.7 Å². The summed E-state index contributed by atoms with van der Waals surface area (Å²) in [6.07, 6.45) is 11.6. The molecule has 5 rings (SSSR count). The zero-order chi connectivity index (χ0) is 23.9. The number of hydrogen-bond donors (Lipinski definition) is 2. The average molecular weight is 460 g/mol. The van der Waals surface area contributed by atoms with E-state index < -0.39 is 5.54 Å². The van der Waals surface area contributed by atoms with E-state index in [1.54, 1.807) is 29.2 Å². The minimum Gasteiger partial charge on any atom is -0.394 e. The summed E-state index contributed by atoms with van der Waals surface area (Å²) in [5.74, 6) is -0.127. The Morgan fingerprint density at radius 3 is 2.76 bits per heavy atom. The molecule has 174 valence electrons. The van der Waals surface area contributed by atoms with Crippen LogP contribution >= 0.6 is 0 Å². The lowest BCUT2D eigenvalue weighted by molar-refractivity contribution is -0.116. The minimum atomic E-state index is -0.667. The average Bonchev–Trinajstić information content (AvgIpc) is 3.45. The predicted molar refractivity (Wildman–Crippen MR) is 122 cm³/mol. The second kappa shape index (κ2) is 8.41. The molecule has 11 heteroatoms. The number of aliphatic hydroxyl groups is 1. The Bertz CT molecular complexity index is 1390. The highest BCUT2D eigenvalue weighted by Crippen LogP contribution is 2.38. The number of pyridine rings is 1. The second-order valence-electron chi connectivity index (χ2n) is 9.10. The molecule has 4 aromatic rings. The van der Waals surface area contributed by atoms with Crippen molar-refractivity contribution in [1.82, 2.24) is 34.5 Å². The third kappa shape index (κ3) is 4.17. The summed E-state index contributed by atoms with van der Waals surface area (Å²) in [5, 5.41) is 21.3. The Morgan fingerprint density at radius 1 is 1.18 bits per heavy atom. The maximum atomic E-state index is 13.4. The Kier molecular flexibility index (Phi) is 5.40. The van der Waals surface area contributed by atoms with Crippen LogP contribution in [0, 0.1) is 0 Å². The summed E-state index contributed by atoms with van der Waals surface area (Å²) in [5.41, 5.74) is 1.88. The van der Waals surface area contributed by atoms with Crippen molar-refractivity contribution >= 4 is 28.4 Å². The number of anilines is 1. The van der Waals surface area contributed by atoms with Gasteiger partial charge in [-0.1, -0.05) is 5.21 Å². The maximum Gasteiger partial charge on any atom is 0.246 e. The largest absolute Gasteiger partial charge is 0.394 e. The number of amides is 1. The Balaban J connectivity index is 1.37. The number of rotatable bonds is 8. The van der Waals surface area contributed by atoms with E-state index in [0.717, 1.165) is 18.5 Å². The van der Waals surface area contributed by atoms with Crippen molar-refractivity contribution in [2.75, 3.05) is 11.9 Å². The predicted octanol–water partition coefficient (Wildman–Crippen LogP) is 1.89. The molecule has 11 nitrogen and oxygen atoms in total. The van der Waals surface area contributed by atoms with Crippen molar-refractivity contribution in [3.8, 4) is 0 Å². The van der Waals surface area contributed by atoms with Crippen molar-refractivity contribution in [3.05, 3.63) is 60.2 Å². The molecule has 0 aliphatic heterocycles. The summed E-state index contributed by atoms with van der Waals surface area (Å²) in [7, 11) is 0. The van der Waals surface area contributed by atoms with Crippen molar-refractivity contribution < 1.29 is 14.7 Å². The highest BCUT2D eigenvalue weighted by Gasteiger charge is 2.27. The van der Waals surface area contributed by atoms with Gasteiger partial charge >= 0.3 is 0 Å². The molecule has 1 amide bonds. The molecular weight excluding hydrogens is 436 g/mol. The SMILES string of the molecule is CC(C)(CO)n1cc(C(=O)c2cncc(NC(=O)Cn3cc(C4CC4)nn3)c2)c2cncnc21. The fraction of sp³-hybridized carbons (Fsp3) is 0.348. The van der Waals surface area contributed by atoms with Crippen molar-refractivity contribution in [2.24, 2.45) is 0 Å². The lowest BCUT2D eigenvalue weighted by atomic mass is 10.1. The normalized spacial score (nSPS) is 13.9. The van der Waals surface area contributed by atoms with Gasteiger partial charge in [0.05, 0.1) is 35.3 Å². The number of fused-ring (bicyclic) bond motifs is 1. The van der Waals surface area contributed by atoms with Gasteiger partial charge in [-0.3, -0.25) is 14.6 Å². The summed E-state index contributed by atoms with van der Waals surface area (Å²) < 4.78 is 3.27. The van der Waals surface area contributed by atoms with Crippen LogP contribution in [0.3, 0.4) is 0 Å². The number of carbonyl (C=O) groups is 2. The number of aromatic nitrogens is 7. The zero-order valence-electron chi connectivity index (χ0n) is 18.8. The summed E-state index contributed by atoms with van der Waals surface area (Å²) in [6, 6.07) is 1.58. The van der Waals surface area contributed by atoms with Gasteiger partial charge in [0.25, 0.3) is 0 Å². The summed E-state index contributed by atoms with van der Waals surface area (Å²) in [4.78, 5) is 38.4. The highest BCUT2D eigenvalue weighted by molar-refractivity contribution is 6.16. The van der Waals surface area contributed by atoms with Crippen LogP contribution in [0.1, 0.15) is 54.2 Å². The van der Waals surface area contributed by atoms with E-state index in [2.05, 4.69) is 30.6 Å². The van der Waals surface area contributed by atoms with E-state index in [4.69, 9.17) is 0 Å². The fourth-order valence-corrected chi connectivity index (χ4v) is 3.78. The van der Waals surface area contributed by atoms with Crippen LogP contribution in [-0.2, 0) is 16.9 Å². The molecule has 0 bridgehead atoms. The smallest absolute Gasteiger partial charge is 0.246 e. The molecule has 1 saturated carbocycles.